The number of unbranched alkanes of at least 4 members (excludes halogenated alkanes) is 2. The first kappa shape index (κ1) is 21.9. The minimum atomic E-state index is -3.63. The molecule has 1 heterocycles. The van der Waals surface area contributed by atoms with E-state index in [4.69, 9.17) is 28.6 Å². The number of phosphoric ester groups is 1. The first-order chi connectivity index (χ1) is 12.6. The van der Waals surface area contributed by atoms with Gasteiger partial charge >= 0.3 is 7.82 Å². The van der Waals surface area contributed by atoms with Crippen molar-refractivity contribution in [3.63, 3.8) is 0 Å². The lowest BCUT2D eigenvalue weighted by molar-refractivity contribution is -0.170. The quantitative estimate of drug-likeness (QED) is 0.274. The normalized spacial score (nSPS) is 25.2. The van der Waals surface area contributed by atoms with Gasteiger partial charge in [-0.05, 0) is 25.7 Å². The molecule has 1 saturated heterocycles. The van der Waals surface area contributed by atoms with E-state index in [2.05, 4.69) is 5.11 Å². The Hall–Kier alpha value is -0.370. The molecule has 0 radical (unpaired) electrons. The molecule has 1 N–H and O–H groups in total. The molecule has 2 fully saturated rings. The highest BCUT2D eigenvalue weighted by Gasteiger charge is 2.49. The molecule has 1 aliphatic carbocycles. The number of nitrogens with zero attached hydrogens (tertiary/aromatic N) is 1. The SMILES string of the molecule is CCCCOP(=O)(OCCCC)OC[C@@H]1OC2(CCCC2)O[C@H]1CN=N. The third kappa shape index (κ3) is 6.36. The van der Waals surface area contributed by atoms with Crippen molar-refractivity contribution in [1.29, 1.82) is 5.53 Å². The van der Waals surface area contributed by atoms with E-state index in [0.29, 0.717) is 13.2 Å². The highest BCUT2D eigenvalue weighted by atomic mass is 31.2. The van der Waals surface area contributed by atoms with Crippen molar-refractivity contribution < 1.29 is 27.6 Å². The fourth-order valence-corrected chi connectivity index (χ4v) is 4.44. The molecule has 0 aromatic rings. The second-order valence-corrected chi connectivity index (χ2v) is 8.56. The van der Waals surface area contributed by atoms with Crippen molar-refractivity contribution in [3.05, 3.63) is 0 Å². The second-order valence-electron chi connectivity index (χ2n) is 6.89. The summed E-state index contributed by atoms with van der Waals surface area (Å²) in [5.41, 5.74) is 7.14. The third-order valence-corrected chi connectivity index (χ3v) is 6.14. The third-order valence-electron chi connectivity index (χ3n) is 4.68. The number of phosphoric acid groups is 1. The van der Waals surface area contributed by atoms with E-state index in [0.717, 1.165) is 51.4 Å². The largest absolute Gasteiger partial charge is 0.474 e. The standard InChI is InChI=1S/C17H33N2O6P/c1-3-5-11-21-26(20,22-12-6-4-2)23-14-16-15(13-19-18)24-17(25-16)9-7-8-10-17/h15-16,18H,3-14H2,1-2H3/t15-,16-/m0/s1. The lowest BCUT2D eigenvalue weighted by atomic mass is 10.2. The fourth-order valence-electron chi connectivity index (χ4n) is 3.18. The summed E-state index contributed by atoms with van der Waals surface area (Å²) in [6.07, 6.45) is 6.41. The minimum Gasteiger partial charge on any atom is -0.342 e. The maximum Gasteiger partial charge on any atom is 0.474 e. The molecular formula is C17H33N2O6P. The minimum absolute atomic E-state index is 0.0392. The van der Waals surface area contributed by atoms with Crippen LogP contribution in [-0.4, -0.2) is 44.4 Å². The molecule has 0 unspecified atom stereocenters. The van der Waals surface area contributed by atoms with E-state index in [9.17, 15) is 4.57 Å². The summed E-state index contributed by atoms with van der Waals surface area (Å²) in [6, 6.07) is 0. The number of hydrogen-bond donors (Lipinski definition) is 1. The summed E-state index contributed by atoms with van der Waals surface area (Å²) < 4.78 is 41.5. The van der Waals surface area contributed by atoms with Crippen LogP contribution in [-0.2, 0) is 27.6 Å². The molecule has 2 aliphatic rings. The zero-order valence-corrected chi connectivity index (χ0v) is 16.9. The van der Waals surface area contributed by atoms with Gasteiger partial charge in [0.1, 0.15) is 12.2 Å². The van der Waals surface area contributed by atoms with E-state index in [1.807, 2.05) is 13.8 Å². The van der Waals surface area contributed by atoms with Gasteiger partial charge in [0, 0.05) is 12.8 Å². The molecular weight excluding hydrogens is 359 g/mol. The summed E-state index contributed by atoms with van der Waals surface area (Å²) in [5.74, 6) is -0.598. The zero-order valence-electron chi connectivity index (χ0n) is 16.0. The Morgan fingerprint density at radius 1 is 1.04 bits per heavy atom. The van der Waals surface area contributed by atoms with Crippen molar-refractivity contribution in [1.82, 2.24) is 0 Å². The number of rotatable bonds is 13. The molecule has 2 atom stereocenters. The summed E-state index contributed by atoms with van der Waals surface area (Å²) in [6.45, 7) is 4.97. The number of nitrogens with one attached hydrogen (secondary N) is 1. The molecule has 8 nitrogen and oxygen atoms in total. The summed E-state index contributed by atoms with van der Waals surface area (Å²) in [4.78, 5) is 0. The van der Waals surface area contributed by atoms with Crippen LogP contribution in [0.5, 0.6) is 0 Å². The van der Waals surface area contributed by atoms with Crippen LogP contribution in [0.2, 0.25) is 0 Å². The average Bonchev–Trinajstić information content (AvgIpc) is 3.21. The van der Waals surface area contributed by atoms with Gasteiger partial charge in [-0.15, -0.1) is 0 Å². The van der Waals surface area contributed by atoms with E-state index in [1.165, 1.54) is 0 Å². The van der Waals surface area contributed by atoms with Crippen LogP contribution in [0.4, 0.5) is 0 Å². The van der Waals surface area contributed by atoms with Crippen molar-refractivity contribution in [2.24, 2.45) is 5.11 Å². The molecule has 1 aliphatic heterocycles. The van der Waals surface area contributed by atoms with Gasteiger partial charge in [0.2, 0.25) is 0 Å². The number of ether oxygens (including phenoxy) is 2. The molecule has 2 rings (SSSR count). The molecule has 0 amide bonds. The van der Waals surface area contributed by atoms with Gasteiger partial charge in [-0.1, -0.05) is 26.7 Å². The van der Waals surface area contributed by atoms with Crippen molar-refractivity contribution in [2.45, 2.75) is 83.2 Å². The van der Waals surface area contributed by atoms with Crippen molar-refractivity contribution in [3.8, 4) is 0 Å². The second kappa shape index (κ2) is 10.8. The van der Waals surface area contributed by atoms with Crippen LogP contribution in [0.1, 0.15) is 65.2 Å². The smallest absolute Gasteiger partial charge is 0.342 e. The monoisotopic (exact) mass is 392 g/mol. The zero-order chi connectivity index (χ0) is 18.9. The van der Waals surface area contributed by atoms with E-state index in [-0.39, 0.29) is 19.3 Å². The predicted molar refractivity (Wildman–Crippen MR) is 96.2 cm³/mol. The van der Waals surface area contributed by atoms with Crippen LogP contribution in [0.25, 0.3) is 0 Å². The Balaban J connectivity index is 1.93. The van der Waals surface area contributed by atoms with Crippen molar-refractivity contribution >= 4 is 7.82 Å². The Bertz CT molecular complexity index is 458. The molecule has 0 aromatic heterocycles. The van der Waals surface area contributed by atoms with Crippen LogP contribution in [0, 0.1) is 5.53 Å². The first-order valence-electron chi connectivity index (χ1n) is 9.79. The molecule has 0 bridgehead atoms. The van der Waals surface area contributed by atoms with Gasteiger partial charge in [-0.25, -0.2) is 10.1 Å². The van der Waals surface area contributed by atoms with Gasteiger partial charge in [0.25, 0.3) is 0 Å². The Morgan fingerprint density at radius 2 is 1.62 bits per heavy atom. The molecule has 1 saturated carbocycles. The highest BCUT2D eigenvalue weighted by Crippen LogP contribution is 2.51. The average molecular weight is 392 g/mol. The molecule has 1 spiro atoms. The Kier molecular flexibility index (Phi) is 9.14. The predicted octanol–water partition coefficient (Wildman–Crippen LogP) is 4.83. The van der Waals surface area contributed by atoms with Crippen LogP contribution >= 0.6 is 7.82 Å². The topological polar surface area (TPSA) is 99.4 Å². The molecule has 9 heteroatoms. The van der Waals surface area contributed by atoms with E-state index < -0.39 is 19.7 Å². The highest BCUT2D eigenvalue weighted by molar-refractivity contribution is 7.48. The fraction of sp³-hybridized carbons (Fsp3) is 1.00. The van der Waals surface area contributed by atoms with Crippen LogP contribution < -0.4 is 0 Å². The Labute approximate surface area is 156 Å². The first-order valence-corrected chi connectivity index (χ1v) is 11.2. The summed E-state index contributed by atoms with van der Waals surface area (Å²) >= 11 is 0. The summed E-state index contributed by atoms with van der Waals surface area (Å²) in [5, 5.41) is 3.45. The van der Waals surface area contributed by atoms with Crippen molar-refractivity contribution in [2.75, 3.05) is 26.4 Å². The van der Waals surface area contributed by atoms with Gasteiger partial charge in [-0.3, -0.25) is 13.6 Å². The van der Waals surface area contributed by atoms with Gasteiger partial charge in [0.05, 0.1) is 26.4 Å². The van der Waals surface area contributed by atoms with Gasteiger partial charge in [-0.2, -0.15) is 5.11 Å². The van der Waals surface area contributed by atoms with Crippen LogP contribution in [0.3, 0.4) is 0 Å². The molecule has 152 valence electrons. The van der Waals surface area contributed by atoms with Crippen LogP contribution in [0.15, 0.2) is 5.11 Å². The Morgan fingerprint density at radius 3 is 2.15 bits per heavy atom. The lowest BCUT2D eigenvalue weighted by Gasteiger charge is -2.23. The number of hydrogen-bond acceptors (Lipinski definition) is 8. The van der Waals surface area contributed by atoms with E-state index in [1.54, 1.807) is 0 Å². The maximum atomic E-state index is 12.9. The lowest BCUT2D eigenvalue weighted by Crippen LogP contribution is -2.30. The maximum absolute atomic E-state index is 12.9. The molecule has 0 aromatic carbocycles. The van der Waals surface area contributed by atoms with Gasteiger partial charge in [0.15, 0.2) is 5.79 Å². The molecule has 26 heavy (non-hydrogen) atoms. The van der Waals surface area contributed by atoms with Gasteiger partial charge < -0.3 is 9.47 Å². The van der Waals surface area contributed by atoms with E-state index >= 15 is 0 Å². The summed E-state index contributed by atoms with van der Waals surface area (Å²) in [7, 11) is -3.63.